The first kappa shape index (κ1) is 19.8. The van der Waals surface area contributed by atoms with Crippen LogP contribution in [-0.2, 0) is 6.54 Å². The van der Waals surface area contributed by atoms with Crippen LogP contribution in [0.1, 0.15) is 29.2 Å². The molecule has 0 atom stereocenters. The van der Waals surface area contributed by atoms with Gasteiger partial charge in [-0.3, -0.25) is 9.36 Å². The number of nitrogens with one attached hydrogen (secondary N) is 1. The molecular formula is C22H24N4O4. The van der Waals surface area contributed by atoms with Crippen LogP contribution in [0.5, 0.6) is 11.5 Å². The van der Waals surface area contributed by atoms with Crippen LogP contribution < -0.4 is 20.5 Å². The number of rotatable bonds is 8. The Kier molecular flexibility index (Phi) is 5.56. The van der Waals surface area contributed by atoms with E-state index < -0.39 is 0 Å². The molecular weight excluding hydrogens is 384 g/mol. The molecule has 1 aliphatic rings. The molecule has 0 aliphatic heterocycles. The van der Waals surface area contributed by atoms with E-state index in [1.54, 1.807) is 43.1 Å². The topological polar surface area (TPSA) is 87.4 Å². The predicted molar refractivity (Wildman–Crippen MR) is 112 cm³/mol. The van der Waals surface area contributed by atoms with Gasteiger partial charge in [0.15, 0.2) is 5.82 Å². The Morgan fingerprint density at radius 3 is 2.20 bits per heavy atom. The summed E-state index contributed by atoms with van der Waals surface area (Å²) in [6.07, 6.45) is 1.95. The van der Waals surface area contributed by atoms with Gasteiger partial charge in [-0.2, -0.15) is 0 Å². The fourth-order valence-corrected chi connectivity index (χ4v) is 3.28. The van der Waals surface area contributed by atoms with E-state index in [1.165, 1.54) is 4.68 Å². The molecule has 30 heavy (non-hydrogen) atoms. The normalized spacial score (nSPS) is 13.1. The van der Waals surface area contributed by atoms with Crippen LogP contribution in [-0.4, -0.2) is 41.0 Å². The first-order chi connectivity index (χ1) is 14.6. The standard InChI is InChI=1S/C22H24N4O4/c1-29-18-9-3-15(4-10-18)20-24-25(22(28)26(20)17-7-8-17)14-13-23-21(27)16-5-11-19(30-2)12-6-16/h3-6,9-12,17H,7-8,13-14H2,1-2H3,(H,23,27). The van der Waals surface area contributed by atoms with E-state index in [-0.39, 0.29) is 17.6 Å². The van der Waals surface area contributed by atoms with Crippen molar-refractivity contribution >= 4 is 5.91 Å². The Labute approximate surface area is 174 Å². The van der Waals surface area contributed by atoms with Gasteiger partial charge in [0.25, 0.3) is 5.91 Å². The number of hydrogen-bond donors (Lipinski definition) is 1. The van der Waals surface area contributed by atoms with Crippen molar-refractivity contribution in [1.29, 1.82) is 0 Å². The maximum Gasteiger partial charge on any atom is 0.346 e. The molecule has 0 saturated heterocycles. The summed E-state index contributed by atoms with van der Waals surface area (Å²) in [5, 5.41) is 7.38. The summed E-state index contributed by atoms with van der Waals surface area (Å²) in [5.41, 5.74) is 1.24. The number of benzene rings is 2. The zero-order chi connectivity index (χ0) is 21.1. The summed E-state index contributed by atoms with van der Waals surface area (Å²) in [4.78, 5) is 25.2. The molecule has 0 unspecified atom stereocenters. The zero-order valence-electron chi connectivity index (χ0n) is 17.0. The molecule has 8 heteroatoms. The average Bonchev–Trinajstić information content (AvgIpc) is 3.57. The largest absolute Gasteiger partial charge is 0.497 e. The van der Waals surface area contributed by atoms with E-state index in [2.05, 4.69) is 10.4 Å². The fourth-order valence-electron chi connectivity index (χ4n) is 3.28. The van der Waals surface area contributed by atoms with Crippen LogP contribution in [0.4, 0.5) is 0 Å². The molecule has 8 nitrogen and oxygen atoms in total. The minimum absolute atomic E-state index is 0.151. The van der Waals surface area contributed by atoms with Crippen LogP contribution in [0.15, 0.2) is 53.3 Å². The molecule has 0 bridgehead atoms. The Bertz CT molecular complexity index is 1080. The lowest BCUT2D eigenvalue weighted by molar-refractivity contribution is 0.0951. The SMILES string of the molecule is COc1ccc(C(=O)NCCn2nc(-c3ccc(OC)cc3)n(C3CC3)c2=O)cc1. The van der Waals surface area contributed by atoms with Gasteiger partial charge in [0.2, 0.25) is 0 Å². The fraction of sp³-hybridized carbons (Fsp3) is 0.318. The molecule has 1 aliphatic carbocycles. The maximum atomic E-state index is 12.9. The summed E-state index contributed by atoms with van der Waals surface area (Å²) in [6, 6.07) is 14.6. The number of hydrogen-bond acceptors (Lipinski definition) is 5. The molecule has 1 aromatic heterocycles. The highest BCUT2D eigenvalue weighted by Crippen LogP contribution is 2.36. The maximum absolute atomic E-state index is 12.9. The number of methoxy groups -OCH3 is 2. The van der Waals surface area contributed by atoms with Crippen molar-refractivity contribution in [3.63, 3.8) is 0 Å². The van der Waals surface area contributed by atoms with E-state index in [9.17, 15) is 9.59 Å². The first-order valence-corrected chi connectivity index (χ1v) is 9.86. The molecule has 4 rings (SSSR count). The van der Waals surface area contributed by atoms with Gasteiger partial charge in [-0.25, -0.2) is 9.48 Å². The lowest BCUT2D eigenvalue weighted by Gasteiger charge is -2.06. The summed E-state index contributed by atoms with van der Waals surface area (Å²) < 4.78 is 13.5. The minimum Gasteiger partial charge on any atom is -0.497 e. The molecule has 3 aromatic rings. The van der Waals surface area contributed by atoms with Crippen molar-refractivity contribution in [3.8, 4) is 22.9 Å². The van der Waals surface area contributed by atoms with Crippen LogP contribution in [0.25, 0.3) is 11.4 Å². The van der Waals surface area contributed by atoms with Gasteiger partial charge in [0, 0.05) is 23.7 Å². The van der Waals surface area contributed by atoms with Crippen molar-refractivity contribution < 1.29 is 14.3 Å². The van der Waals surface area contributed by atoms with Crippen LogP contribution in [0.2, 0.25) is 0 Å². The lowest BCUT2D eigenvalue weighted by Crippen LogP contribution is -2.32. The zero-order valence-corrected chi connectivity index (χ0v) is 17.0. The van der Waals surface area contributed by atoms with E-state index >= 15 is 0 Å². The van der Waals surface area contributed by atoms with Crippen molar-refractivity contribution in [2.75, 3.05) is 20.8 Å². The molecule has 0 spiro atoms. The van der Waals surface area contributed by atoms with Crippen molar-refractivity contribution in [2.24, 2.45) is 0 Å². The molecule has 156 valence electrons. The van der Waals surface area contributed by atoms with Gasteiger partial charge in [-0.05, 0) is 61.4 Å². The van der Waals surface area contributed by atoms with Gasteiger partial charge in [0.05, 0.1) is 20.8 Å². The Hall–Kier alpha value is -3.55. The highest BCUT2D eigenvalue weighted by Gasteiger charge is 2.30. The third-order valence-electron chi connectivity index (χ3n) is 5.09. The summed E-state index contributed by atoms with van der Waals surface area (Å²) >= 11 is 0. The van der Waals surface area contributed by atoms with Gasteiger partial charge < -0.3 is 14.8 Å². The Morgan fingerprint density at radius 2 is 1.63 bits per heavy atom. The second kappa shape index (κ2) is 8.44. The van der Waals surface area contributed by atoms with E-state index in [1.807, 2.05) is 24.3 Å². The summed E-state index contributed by atoms with van der Waals surface area (Å²) in [7, 11) is 3.19. The van der Waals surface area contributed by atoms with Crippen molar-refractivity contribution in [2.45, 2.75) is 25.4 Å². The van der Waals surface area contributed by atoms with E-state index in [0.29, 0.717) is 30.2 Å². The van der Waals surface area contributed by atoms with Gasteiger partial charge in [-0.1, -0.05) is 0 Å². The second-order valence-corrected chi connectivity index (χ2v) is 7.14. The smallest absolute Gasteiger partial charge is 0.346 e. The predicted octanol–water partition coefficient (Wildman–Crippen LogP) is 2.49. The van der Waals surface area contributed by atoms with Gasteiger partial charge >= 0.3 is 5.69 Å². The highest BCUT2D eigenvalue weighted by atomic mass is 16.5. The van der Waals surface area contributed by atoms with E-state index in [4.69, 9.17) is 9.47 Å². The molecule has 0 radical (unpaired) electrons. The number of carbonyl (C=O) groups excluding carboxylic acids is 1. The molecule has 1 fully saturated rings. The number of aromatic nitrogens is 3. The Morgan fingerprint density at radius 1 is 1.03 bits per heavy atom. The number of carbonyl (C=O) groups is 1. The van der Waals surface area contributed by atoms with Crippen LogP contribution >= 0.6 is 0 Å². The van der Waals surface area contributed by atoms with Gasteiger partial charge in [-0.15, -0.1) is 5.10 Å². The third-order valence-corrected chi connectivity index (χ3v) is 5.09. The third kappa shape index (κ3) is 4.07. The molecule has 1 N–H and O–H groups in total. The van der Waals surface area contributed by atoms with Crippen molar-refractivity contribution in [1.82, 2.24) is 19.7 Å². The van der Waals surface area contributed by atoms with Gasteiger partial charge in [0.1, 0.15) is 11.5 Å². The van der Waals surface area contributed by atoms with Crippen LogP contribution in [0, 0.1) is 0 Å². The highest BCUT2D eigenvalue weighted by molar-refractivity contribution is 5.94. The molecule has 1 amide bonds. The Balaban J connectivity index is 1.47. The molecule has 1 heterocycles. The number of nitrogens with zero attached hydrogens (tertiary/aromatic N) is 3. The minimum atomic E-state index is -0.206. The first-order valence-electron chi connectivity index (χ1n) is 9.86. The average molecular weight is 408 g/mol. The van der Waals surface area contributed by atoms with Crippen LogP contribution in [0.3, 0.4) is 0 Å². The number of ether oxygens (including phenoxy) is 2. The lowest BCUT2D eigenvalue weighted by atomic mass is 10.2. The van der Waals surface area contributed by atoms with Crippen molar-refractivity contribution in [3.05, 3.63) is 64.6 Å². The second-order valence-electron chi connectivity index (χ2n) is 7.14. The quantitative estimate of drug-likeness (QED) is 0.619. The summed E-state index contributed by atoms with van der Waals surface area (Å²) in [6.45, 7) is 0.595. The van der Waals surface area contributed by atoms with E-state index in [0.717, 1.165) is 24.2 Å². The monoisotopic (exact) mass is 408 g/mol. The summed E-state index contributed by atoms with van der Waals surface area (Å²) in [5.74, 6) is 1.88. The number of amides is 1. The molecule has 2 aromatic carbocycles. The molecule has 1 saturated carbocycles.